The van der Waals surface area contributed by atoms with E-state index in [-0.39, 0.29) is 0 Å². The van der Waals surface area contributed by atoms with Crippen LogP contribution in [0.25, 0.3) is 5.82 Å². The Bertz CT molecular complexity index is 535. The molecule has 0 radical (unpaired) electrons. The highest BCUT2D eigenvalue weighted by Gasteiger charge is 2.27. The molecule has 0 aliphatic heterocycles. The zero-order valence-corrected chi connectivity index (χ0v) is 11.2. The minimum absolute atomic E-state index is 0.484. The van der Waals surface area contributed by atoms with Gasteiger partial charge < -0.3 is 0 Å². The van der Waals surface area contributed by atoms with Crippen LogP contribution in [0.2, 0.25) is 5.15 Å². The van der Waals surface area contributed by atoms with Crippen LogP contribution < -0.4 is 0 Å². The van der Waals surface area contributed by atoms with Gasteiger partial charge in [-0.1, -0.05) is 11.6 Å². The van der Waals surface area contributed by atoms with Crippen molar-refractivity contribution in [1.29, 1.82) is 0 Å². The van der Waals surface area contributed by atoms with Crippen molar-refractivity contribution in [3.63, 3.8) is 0 Å². The average molecular weight is 347 g/mol. The van der Waals surface area contributed by atoms with Gasteiger partial charge in [-0.25, -0.2) is 14.6 Å². The van der Waals surface area contributed by atoms with Crippen molar-refractivity contribution < 1.29 is 0 Å². The predicted molar refractivity (Wildman–Crippen MR) is 68.9 cm³/mol. The Hall–Kier alpha value is -0.690. The number of aromatic nitrogens is 4. The van der Waals surface area contributed by atoms with E-state index in [0.29, 0.717) is 11.1 Å². The van der Waals surface area contributed by atoms with E-state index in [2.05, 4.69) is 37.7 Å². The SMILES string of the molecule is Clc1cc(-n2cc(I)cn2)nc(C2CC2)n1. The highest BCUT2D eigenvalue weighted by Crippen LogP contribution is 2.38. The predicted octanol–water partition coefficient (Wildman–Crippen LogP) is 2.80. The van der Waals surface area contributed by atoms with Crippen LogP contribution in [-0.4, -0.2) is 19.7 Å². The summed E-state index contributed by atoms with van der Waals surface area (Å²) in [6.45, 7) is 0. The topological polar surface area (TPSA) is 43.6 Å². The third-order valence-electron chi connectivity index (χ3n) is 2.43. The maximum absolute atomic E-state index is 5.98. The fourth-order valence-electron chi connectivity index (χ4n) is 1.49. The summed E-state index contributed by atoms with van der Waals surface area (Å²) >= 11 is 8.20. The summed E-state index contributed by atoms with van der Waals surface area (Å²) in [5, 5.41) is 4.69. The number of rotatable bonds is 2. The van der Waals surface area contributed by atoms with Crippen molar-refractivity contribution in [2.24, 2.45) is 0 Å². The van der Waals surface area contributed by atoms with E-state index < -0.39 is 0 Å². The summed E-state index contributed by atoms with van der Waals surface area (Å²) in [5.74, 6) is 2.07. The quantitative estimate of drug-likeness (QED) is 0.620. The maximum Gasteiger partial charge on any atom is 0.158 e. The van der Waals surface area contributed by atoms with Gasteiger partial charge in [-0.3, -0.25) is 0 Å². The van der Waals surface area contributed by atoms with Gasteiger partial charge in [-0.05, 0) is 35.4 Å². The molecule has 0 unspecified atom stereocenters. The molecule has 2 heterocycles. The molecular weight excluding hydrogens is 338 g/mol. The first kappa shape index (κ1) is 10.5. The van der Waals surface area contributed by atoms with E-state index in [4.69, 9.17) is 11.6 Å². The summed E-state index contributed by atoms with van der Waals surface area (Å²) in [4.78, 5) is 8.72. The molecule has 6 heteroatoms. The lowest BCUT2D eigenvalue weighted by molar-refractivity contribution is 0.809. The molecule has 0 bridgehead atoms. The van der Waals surface area contributed by atoms with E-state index in [1.807, 2.05) is 6.20 Å². The molecule has 0 saturated heterocycles. The smallest absolute Gasteiger partial charge is 0.158 e. The molecule has 0 amide bonds. The number of hydrogen-bond acceptors (Lipinski definition) is 3. The molecule has 16 heavy (non-hydrogen) atoms. The first-order valence-corrected chi connectivity index (χ1v) is 6.43. The van der Waals surface area contributed by atoms with E-state index >= 15 is 0 Å². The number of halogens is 2. The number of hydrogen-bond donors (Lipinski definition) is 0. The van der Waals surface area contributed by atoms with Crippen molar-refractivity contribution >= 4 is 34.2 Å². The lowest BCUT2D eigenvalue weighted by Crippen LogP contribution is -2.02. The van der Waals surface area contributed by atoms with Crippen molar-refractivity contribution in [2.45, 2.75) is 18.8 Å². The van der Waals surface area contributed by atoms with Crippen molar-refractivity contribution in [3.8, 4) is 5.82 Å². The van der Waals surface area contributed by atoms with Gasteiger partial charge in [0.05, 0.1) is 9.77 Å². The molecule has 1 aliphatic rings. The van der Waals surface area contributed by atoms with E-state index in [1.54, 1.807) is 16.9 Å². The van der Waals surface area contributed by atoms with Crippen LogP contribution in [-0.2, 0) is 0 Å². The second-order valence-electron chi connectivity index (χ2n) is 3.78. The van der Waals surface area contributed by atoms with Crippen LogP contribution in [0.1, 0.15) is 24.6 Å². The molecule has 2 aromatic heterocycles. The van der Waals surface area contributed by atoms with Crippen LogP contribution in [0.15, 0.2) is 18.5 Å². The van der Waals surface area contributed by atoms with E-state index in [1.165, 1.54) is 0 Å². The van der Waals surface area contributed by atoms with E-state index in [0.717, 1.165) is 28.1 Å². The molecule has 1 saturated carbocycles. The minimum atomic E-state index is 0.484. The second kappa shape index (κ2) is 3.96. The summed E-state index contributed by atoms with van der Waals surface area (Å²) in [6.07, 6.45) is 6.02. The molecule has 1 aliphatic carbocycles. The van der Waals surface area contributed by atoms with E-state index in [9.17, 15) is 0 Å². The summed E-state index contributed by atoms with van der Waals surface area (Å²) in [6, 6.07) is 1.73. The summed E-state index contributed by atoms with van der Waals surface area (Å²) in [5.41, 5.74) is 0. The number of nitrogens with zero attached hydrogens (tertiary/aromatic N) is 4. The second-order valence-corrected chi connectivity index (χ2v) is 5.42. The van der Waals surface area contributed by atoms with Crippen molar-refractivity contribution in [1.82, 2.24) is 19.7 Å². The third-order valence-corrected chi connectivity index (χ3v) is 3.18. The maximum atomic E-state index is 5.98. The van der Waals surface area contributed by atoms with Crippen LogP contribution in [0.3, 0.4) is 0 Å². The van der Waals surface area contributed by atoms with Crippen molar-refractivity contribution in [2.75, 3.05) is 0 Å². The van der Waals surface area contributed by atoms with Gasteiger partial charge in [0.15, 0.2) is 5.82 Å². The Morgan fingerprint density at radius 1 is 1.38 bits per heavy atom. The monoisotopic (exact) mass is 346 g/mol. The van der Waals surface area contributed by atoms with Crippen LogP contribution >= 0.6 is 34.2 Å². The Labute approximate surface area is 111 Å². The zero-order valence-electron chi connectivity index (χ0n) is 8.27. The van der Waals surface area contributed by atoms with Gasteiger partial charge in [-0.15, -0.1) is 0 Å². The molecule has 0 atom stereocenters. The van der Waals surface area contributed by atoms with Gasteiger partial charge in [0.1, 0.15) is 11.0 Å². The van der Waals surface area contributed by atoms with Crippen LogP contribution in [0, 0.1) is 3.57 Å². The fraction of sp³-hybridized carbons (Fsp3) is 0.300. The summed E-state index contributed by atoms with van der Waals surface area (Å²) in [7, 11) is 0. The molecule has 0 aromatic carbocycles. The Kier molecular flexibility index (Phi) is 2.59. The van der Waals surface area contributed by atoms with Gasteiger partial charge in [0.25, 0.3) is 0 Å². The Morgan fingerprint density at radius 2 is 2.19 bits per heavy atom. The Balaban J connectivity index is 2.06. The average Bonchev–Trinajstić information content (AvgIpc) is 3.01. The highest BCUT2D eigenvalue weighted by atomic mass is 127. The molecule has 2 aromatic rings. The molecule has 82 valence electrons. The highest BCUT2D eigenvalue weighted by molar-refractivity contribution is 14.1. The van der Waals surface area contributed by atoms with Gasteiger partial charge in [0.2, 0.25) is 0 Å². The zero-order chi connectivity index (χ0) is 11.1. The first-order chi connectivity index (χ1) is 7.72. The molecule has 0 spiro atoms. The Morgan fingerprint density at radius 3 is 2.81 bits per heavy atom. The molecular formula is C10H8ClIN4. The molecule has 4 nitrogen and oxygen atoms in total. The van der Waals surface area contributed by atoms with Gasteiger partial charge in [0, 0.05) is 18.2 Å². The third kappa shape index (κ3) is 2.06. The van der Waals surface area contributed by atoms with Gasteiger partial charge >= 0.3 is 0 Å². The normalized spacial score (nSPS) is 15.4. The van der Waals surface area contributed by atoms with Gasteiger partial charge in [-0.2, -0.15) is 5.10 Å². The fourth-order valence-corrected chi connectivity index (χ4v) is 2.06. The minimum Gasteiger partial charge on any atom is -0.221 e. The van der Waals surface area contributed by atoms with Crippen LogP contribution in [0.4, 0.5) is 0 Å². The molecule has 1 fully saturated rings. The standard InChI is InChI=1S/C10H8ClIN4/c11-8-3-9(16-5-7(12)4-13-16)15-10(14-8)6-1-2-6/h3-6H,1-2H2. The molecule has 0 N–H and O–H groups in total. The largest absolute Gasteiger partial charge is 0.221 e. The lowest BCUT2D eigenvalue weighted by atomic mass is 10.4. The first-order valence-electron chi connectivity index (χ1n) is 4.97. The molecule has 3 rings (SSSR count). The van der Waals surface area contributed by atoms with Crippen molar-refractivity contribution in [3.05, 3.63) is 33.0 Å². The lowest BCUT2D eigenvalue weighted by Gasteiger charge is -2.03. The van der Waals surface area contributed by atoms with Crippen LogP contribution in [0.5, 0.6) is 0 Å². The summed E-state index contributed by atoms with van der Waals surface area (Å²) < 4.78 is 2.79.